The number of nitrogens with zero attached hydrogens (tertiary/aromatic N) is 1. The van der Waals surface area contributed by atoms with Crippen LogP contribution in [-0.4, -0.2) is 22.5 Å². The fraction of sp³-hybridized carbons (Fsp3) is 0.500. The van der Waals surface area contributed by atoms with E-state index in [1.54, 1.807) is 0 Å². The van der Waals surface area contributed by atoms with Crippen molar-refractivity contribution in [3.8, 4) is 0 Å². The van der Waals surface area contributed by atoms with Crippen molar-refractivity contribution < 1.29 is 19.2 Å². The van der Waals surface area contributed by atoms with Crippen LogP contribution in [0.25, 0.3) is 0 Å². The summed E-state index contributed by atoms with van der Waals surface area (Å²) >= 11 is 0. The fourth-order valence-corrected chi connectivity index (χ4v) is 2.88. The first kappa shape index (κ1) is 13.8. The number of carboxylic acids is 1. The second-order valence-electron chi connectivity index (χ2n) is 5.90. The Labute approximate surface area is 120 Å². The predicted molar refractivity (Wildman–Crippen MR) is 72.9 cm³/mol. The highest BCUT2D eigenvalue weighted by molar-refractivity contribution is 5.90. The number of hydrogen-bond acceptors (Lipinski definition) is 4. The Morgan fingerprint density at radius 1 is 1.48 bits per heavy atom. The number of rotatable bonds is 6. The third kappa shape index (κ3) is 2.55. The van der Waals surface area contributed by atoms with Gasteiger partial charge in [0.25, 0.3) is 5.69 Å². The van der Waals surface area contributed by atoms with Gasteiger partial charge in [-0.3, -0.25) is 10.1 Å². The van der Waals surface area contributed by atoms with Gasteiger partial charge in [-0.2, -0.15) is 0 Å². The van der Waals surface area contributed by atoms with Gasteiger partial charge in [0.05, 0.1) is 16.6 Å². The van der Waals surface area contributed by atoms with Crippen molar-refractivity contribution in [1.29, 1.82) is 0 Å². The van der Waals surface area contributed by atoms with Gasteiger partial charge in [-0.15, -0.1) is 0 Å². The van der Waals surface area contributed by atoms with E-state index in [4.69, 9.17) is 5.11 Å². The van der Waals surface area contributed by atoms with Crippen LogP contribution in [-0.2, 0) is 0 Å². The van der Waals surface area contributed by atoms with Crippen molar-refractivity contribution in [3.05, 3.63) is 33.6 Å². The minimum atomic E-state index is -1.44. The molecule has 1 aromatic rings. The van der Waals surface area contributed by atoms with Crippen LogP contribution >= 0.6 is 0 Å². The van der Waals surface area contributed by atoms with Gasteiger partial charge in [0.2, 0.25) is 0 Å². The van der Waals surface area contributed by atoms with Gasteiger partial charge in [-0.05, 0) is 43.1 Å². The normalized spacial score (nSPS) is 19.1. The molecule has 2 fully saturated rings. The molecule has 0 bridgehead atoms. The Bertz CT molecular complexity index is 624. The molecule has 21 heavy (non-hydrogen) atoms. The first-order valence-electron chi connectivity index (χ1n) is 6.88. The van der Waals surface area contributed by atoms with Crippen molar-refractivity contribution in [2.45, 2.75) is 25.7 Å². The van der Waals surface area contributed by atoms with E-state index in [-0.39, 0.29) is 11.1 Å². The second-order valence-corrected chi connectivity index (χ2v) is 5.90. The van der Waals surface area contributed by atoms with Crippen molar-refractivity contribution in [2.75, 3.05) is 11.9 Å². The molecule has 2 aliphatic rings. The molecule has 2 N–H and O–H groups in total. The number of hydrogen-bond donors (Lipinski definition) is 2. The molecule has 7 heteroatoms. The molecule has 0 radical (unpaired) electrons. The maximum Gasteiger partial charge on any atom is 0.338 e. The van der Waals surface area contributed by atoms with Gasteiger partial charge in [0.15, 0.2) is 0 Å². The van der Waals surface area contributed by atoms with Gasteiger partial charge in [-0.25, -0.2) is 9.18 Å². The first-order valence-corrected chi connectivity index (χ1v) is 6.88. The highest BCUT2D eigenvalue weighted by Crippen LogP contribution is 2.61. The summed E-state index contributed by atoms with van der Waals surface area (Å²) in [5.41, 5.74) is -0.708. The average Bonchev–Trinajstić information content (AvgIpc) is 3.28. The van der Waals surface area contributed by atoms with E-state index in [0.717, 1.165) is 18.9 Å². The summed E-state index contributed by atoms with van der Waals surface area (Å²) in [6.45, 7) is 0.573. The largest absolute Gasteiger partial charge is 0.478 e. The number of benzene rings is 1. The predicted octanol–water partition coefficient (Wildman–Crippen LogP) is 3.03. The summed E-state index contributed by atoms with van der Waals surface area (Å²) in [4.78, 5) is 21.2. The molecule has 0 heterocycles. The summed E-state index contributed by atoms with van der Waals surface area (Å²) in [5, 5.41) is 22.9. The molecule has 6 nitrogen and oxygen atoms in total. The van der Waals surface area contributed by atoms with Crippen molar-refractivity contribution in [1.82, 2.24) is 0 Å². The van der Waals surface area contributed by atoms with Gasteiger partial charge >= 0.3 is 5.97 Å². The molecule has 0 atom stereocenters. The molecule has 3 rings (SSSR count). The summed E-state index contributed by atoms with van der Waals surface area (Å²) in [5.74, 6) is -1.86. The van der Waals surface area contributed by atoms with E-state index in [9.17, 15) is 19.3 Å². The van der Waals surface area contributed by atoms with E-state index >= 15 is 0 Å². The number of nitro benzene ring substituents is 1. The SMILES string of the molecule is O=C(O)c1cc(NCC2(C3CC3)CC2)c([N+](=O)[O-])cc1F. The van der Waals surface area contributed by atoms with Crippen LogP contribution in [0.3, 0.4) is 0 Å². The van der Waals surface area contributed by atoms with Crippen molar-refractivity contribution >= 4 is 17.3 Å². The molecular formula is C14H15FN2O4. The highest BCUT2D eigenvalue weighted by atomic mass is 19.1. The van der Waals surface area contributed by atoms with E-state index in [1.807, 2.05) is 0 Å². The Morgan fingerprint density at radius 3 is 2.62 bits per heavy atom. The second kappa shape index (κ2) is 4.68. The zero-order chi connectivity index (χ0) is 15.2. The monoisotopic (exact) mass is 294 g/mol. The number of halogens is 1. The molecule has 0 saturated heterocycles. The Morgan fingerprint density at radius 2 is 2.14 bits per heavy atom. The molecular weight excluding hydrogens is 279 g/mol. The Kier molecular flexibility index (Phi) is 3.07. The average molecular weight is 294 g/mol. The molecule has 0 amide bonds. The van der Waals surface area contributed by atoms with Gasteiger partial charge in [0.1, 0.15) is 11.5 Å². The minimum absolute atomic E-state index is 0.0747. The van der Waals surface area contributed by atoms with Crippen LogP contribution in [0.4, 0.5) is 15.8 Å². The molecule has 0 unspecified atom stereocenters. The lowest BCUT2D eigenvalue weighted by molar-refractivity contribution is -0.384. The van der Waals surface area contributed by atoms with Crippen molar-refractivity contribution in [2.24, 2.45) is 11.3 Å². The number of carbonyl (C=O) groups is 1. The van der Waals surface area contributed by atoms with Gasteiger partial charge in [-0.1, -0.05) is 0 Å². The third-order valence-corrected chi connectivity index (χ3v) is 4.48. The number of carboxylic acid groups (broad SMARTS) is 1. The van der Waals surface area contributed by atoms with E-state index in [0.29, 0.717) is 18.5 Å². The molecule has 0 spiro atoms. The first-order chi connectivity index (χ1) is 9.93. The fourth-order valence-electron chi connectivity index (χ4n) is 2.88. The quantitative estimate of drug-likeness (QED) is 0.621. The standard InChI is InChI=1S/C14H15FN2O4/c15-10-6-12(17(20)21)11(5-9(10)13(18)19)16-7-14(3-4-14)8-1-2-8/h5-6,8,16H,1-4,7H2,(H,18,19). The van der Waals surface area contributed by atoms with Crippen LogP contribution in [0.1, 0.15) is 36.0 Å². The van der Waals surface area contributed by atoms with Crippen molar-refractivity contribution in [3.63, 3.8) is 0 Å². The Hall–Kier alpha value is -2.18. The number of nitrogens with one attached hydrogen (secondary N) is 1. The lowest BCUT2D eigenvalue weighted by Crippen LogP contribution is -2.18. The van der Waals surface area contributed by atoms with E-state index in [2.05, 4.69) is 5.32 Å². The lowest BCUT2D eigenvalue weighted by atomic mass is 10.0. The molecule has 0 aromatic heterocycles. The molecule has 2 saturated carbocycles. The highest BCUT2D eigenvalue weighted by Gasteiger charge is 2.53. The minimum Gasteiger partial charge on any atom is -0.478 e. The summed E-state index contributed by atoms with van der Waals surface area (Å²) in [6, 6.07) is 1.68. The van der Waals surface area contributed by atoms with E-state index in [1.165, 1.54) is 12.8 Å². The molecule has 0 aliphatic heterocycles. The number of aromatic carboxylic acids is 1. The zero-order valence-corrected chi connectivity index (χ0v) is 11.3. The summed E-state index contributed by atoms with van der Waals surface area (Å²) < 4.78 is 13.6. The molecule has 1 aromatic carbocycles. The van der Waals surface area contributed by atoms with Gasteiger partial charge in [0, 0.05) is 6.54 Å². The van der Waals surface area contributed by atoms with Gasteiger partial charge < -0.3 is 10.4 Å². The third-order valence-electron chi connectivity index (χ3n) is 4.48. The summed E-state index contributed by atoms with van der Waals surface area (Å²) in [7, 11) is 0. The van der Waals surface area contributed by atoms with Crippen LogP contribution in [0.5, 0.6) is 0 Å². The maximum absolute atomic E-state index is 13.6. The van der Waals surface area contributed by atoms with Crippen LogP contribution in [0.2, 0.25) is 0 Å². The smallest absolute Gasteiger partial charge is 0.338 e. The van der Waals surface area contributed by atoms with Crippen LogP contribution in [0, 0.1) is 27.3 Å². The number of anilines is 1. The van der Waals surface area contributed by atoms with Crippen LogP contribution < -0.4 is 5.32 Å². The number of nitro groups is 1. The molecule has 112 valence electrons. The van der Waals surface area contributed by atoms with E-state index < -0.39 is 28.0 Å². The van der Waals surface area contributed by atoms with Crippen LogP contribution in [0.15, 0.2) is 12.1 Å². The topological polar surface area (TPSA) is 92.5 Å². The lowest BCUT2D eigenvalue weighted by Gasteiger charge is -2.16. The summed E-state index contributed by atoms with van der Waals surface area (Å²) in [6.07, 6.45) is 4.55. The zero-order valence-electron chi connectivity index (χ0n) is 11.3. The Balaban J connectivity index is 1.86. The maximum atomic E-state index is 13.6. The molecule has 2 aliphatic carbocycles.